The van der Waals surface area contributed by atoms with Crippen molar-refractivity contribution in [2.75, 3.05) is 18.4 Å². The minimum Gasteiger partial charge on any atom is -0.334 e. The number of amides is 2. The second-order valence-electron chi connectivity index (χ2n) is 6.12. The monoisotopic (exact) mass is 397 g/mol. The quantitative estimate of drug-likeness (QED) is 0.829. The topological polar surface area (TPSA) is 75.4 Å². The van der Waals surface area contributed by atoms with Crippen molar-refractivity contribution >= 4 is 40.6 Å². The van der Waals surface area contributed by atoms with Crippen molar-refractivity contribution in [3.05, 3.63) is 52.2 Å². The molecule has 0 spiro atoms. The number of carbonyl (C=O) groups is 2. The molecule has 1 saturated heterocycles. The lowest BCUT2D eigenvalue weighted by molar-refractivity contribution is 0.0745. The van der Waals surface area contributed by atoms with Crippen molar-refractivity contribution in [3.63, 3.8) is 0 Å². The molecule has 3 rings (SSSR count). The van der Waals surface area contributed by atoms with E-state index in [4.69, 9.17) is 5.73 Å². The molecule has 5 nitrogen and oxygen atoms in total. The maximum absolute atomic E-state index is 13.2. The third-order valence-electron chi connectivity index (χ3n) is 4.35. The molecule has 0 radical (unpaired) electrons. The van der Waals surface area contributed by atoms with E-state index in [0.29, 0.717) is 23.0 Å². The number of anilines is 1. The Labute approximate surface area is 161 Å². The predicted octanol–water partition coefficient (Wildman–Crippen LogP) is 3.43. The van der Waals surface area contributed by atoms with E-state index in [2.05, 4.69) is 5.32 Å². The van der Waals surface area contributed by atoms with Gasteiger partial charge in [0.1, 0.15) is 5.82 Å². The number of hydrogen-bond acceptors (Lipinski definition) is 4. The van der Waals surface area contributed by atoms with Crippen LogP contribution in [0.1, 0.15) is 38.4 Å². The van der Waals surface area contributed by atoms with E-state index < -0.39 is 11.7 Å². The largest absolute Gasteiger partial charge is 0.334 e. The second kappa shape index (κ2) is 8.62. The smallest absolute Gasteiger partial charge is 0.264 e. The first-order valence-corrected chi connectivity index (χ1v) is 8.99. The van der Waals surface area contributed by atoms with Gasteiger partial charge in [-0.1, -0.05) is 6.07 Å². The van der Waals surface area contributed by atoms with Gasteiger partial charge in [0, 0.05) is 24.7 Å². The maximum atomic E-state index is 13.2. The summed E-state index contributed by atoms with van der Waals surface area (Å²) in [5.41, 5.74) is 6.80. The van der Waals surface area contributed by atoms with Crippen LogP contribution in [0.5, 0.6) is 0 Å². The van der Waals surface area contributed by atoms with Crippen LogP contribution in [0.15, 0.2) is 30.3 Å². The van der Waals surface area contributed by atoms with Crippen LogP contribution in [0.2, 0.25) is 0 Å². The highest BCUT2D eigenvalue weighted by Crippen LogP contribution is 2.30. The maximum Gasteiger partial charge on any atom is 0.264 e. The molecule has 2 heterocycles. The molecule has 0 bridgehead atoms. The third-order valence-corrected chi connectivity index (χ3v) is 5.49. The normalized spacial score (nSPS) is 16.3. The highest BCUT2D eigenvalue weighted by Gasteiger charge is 2.30. The molecular weight excluding hydrogens is 377 g/mol. The second-order valence-corrected chi connectivity index (χ2v) is 7.17. The molecule has 2 aromatic rings. The Balaban J connectivity index is 0.00000243. The molecule has 1 aliphatic heterocycles. The highest BCUT2D eigenvalue weighted by molar-refractivity contribution is 7.18. The zero-order valence-corrected chi connectivity index (χ0v) is 16.0. The summed E-state index contributed by atoms with van der Waals surface area (Å²) in [6, 6.07) is 7.34. The molecule has 2 amide bonds. The van der Waals surface area contributed by atoms with Gasteiger partial charge in [-0.05, 0) is 49.6 Å². The summed E-state index contributed by atoms with van der Waals surface area (Å²) in [4.78, 5) is 27.4. The van der Waals surface area contributed by atoms with Gasteiger partial charge < -0.3 is 16.0 Å². The SMILES string of the molecule is Cc1cc(NC(=O)c2cccc(F)c2)sc1C(=O)N1CCCC1CN.Cl. The molecule has 1 fully saturated rings. The Kier molecular flexibility index (Phi) is 6.75. The lowest BCUT2D eigenvalue weighted by Gasteiger charge is -2.23. The van der Waals surface area contributed by atoms with E-state index in [1.807, 2.05) is 11.8 Å². The minimum absolute atomic E-state index is 0. The molecule has 3 N–H and O–H groups in total. The zero-order chi connectivity index (χ0) is 18.0. The number of likely N-dealkylation sites (tertiary alicyclic amines) is 1. The van der Waals surface area contributed by atoms with Crippen molar-refractivity contribution < 1.29 is 14.0 Å². The molecule has 1 unspecified atom stereocenters. The number of carbonyl (C=O) groups excluding carboxylic acids is 2. The van der Waals surface area contributed by atoms with Gasteiger partial charge in [-0.15, -0.1) is 23.7 Å². The van der Waals surface area contributed by atoms with Gasteiger partial charge in [-0.25, -0.2) is 4.39 Å². The lowest BCUT2D eigenvalue weighted by atomic mass is 10.2. The van der Waals surface area contributed by atoms with Crippen molar-refractivity contribution in [1.29, 1.82) is 0 Å². The summed E-state index contributed by atoms with van der Waals surface area (Å²) >= 11 is 1.24. The van der Waals surface area contributed by atoms with Gasteiger partial charge >= 0.3 is 0 Å². The first-order chi connectivity index (χ1) is 12.0. The van der Waals surface area contributed by atoms with Crippen LogP contribution in [0.4, 0.5) is 9.39 Å². The fourth-order valence-corrected chi connectivity index (χ4v) is 4.07. The number of halogens is 2. The zero-order valence-electron chi connectivity index (χ0n) is 14.3. The Hall–Kier alpha value is -1.96. The number of aryl methyl sites for hydroxylation is 1. The van der Waals surface area contributed by atoms with Gasteiger partial charge in [0.2, 0.25) is 0 Å². The Morgan fingerprint density at radius 3 is 2.85 bits per heavy atom. The Morgan fingerprint density at radius 1 is 1.38 bits per heavy atom. The molecule has 1 aromatic heterocycles. The highest BCUT2D eigenvalue weighted by atomic mass is 35.5. The molecule has 8 heteroatoms. The van der Waals surface area contributed by atoms with E-state index in [-0.39, 0.29) is 29.9 Å². The molecule has 0 saturated carbocycles. The predicted molar refractivity (Wildman–Crippen MR) is 104 cm³/mol. The molecule has 140 valence electrons. The fourth-order valence-electron chi connectivity index (χ4n) is 3.05. The number of thiophene rings is 1. The summed E-state index contributed by atoms with van der Waals surface area (Å²) in [7, 11) is 0. The molecular formula is C18H21ClFN3O2S. The summed E-state index contributed by atoms with van der Waals surface area (Å²) in [5, 5.41) is 3.30. The Bertz CT molecular complexity index is 811. The number of nitrogens with two attached hydrogens (primary N) is 1. The number of rotatable bonds is 4. The number of hydrogen-bond donors (Lipinski definition) is 2. The van der Waals surface area contributed by atoms with Crippen LogP contribution in [-0.2, 0) is 0 Å². The van der Waals surface area contributed by atoms with E-state index in [1.54, 1.807) is 12.1 Å². The third kappa shape index (κ3) is 4.23. The van der Waals surface area contributed by atoms with Crippen molar-refractivity contribution in [3.8, 4) is 0 Å². The molecule has 26 heavy (non-hydrogen) atoms. The van der Waals surface area contributed by atoms with E-state index in [1.165, 1.54) is 29.5 Å². The molecule has 1 atom stereocenters. The van der Waals surface area contributed by atoms with Crippen LogP contribution in [0, 0.1) is 12.7 Å². The summed E-state index contributed by atoms with van der Waals surface area (Å²) < 4.78 is 13.2. The van der Waals surface area contributed by atoms with Crippen LogP contribution in [0.25, 0.3) is 0 Å². The number of nitrogens with one attached hydrogen (secondary N) is 1. The Morgan fingerprint density at radius 2 is 2.15 bits per heavy atom. The van der Waals surface area contributed by atoms with Gasteiger partial charge in [0.25, 0.3) is 11.8 Å². The first-order valence-electron chi connectivity index (χ1n) is 8.18. The van der Waals surface area contributed by atoms with E-state index in [9.17, 15) is 14.0 Å². The molecule has 1 aromatic carbocycles. The standard InChI is InChI=1S/C18H20FN3O2S.ClH/c1-11-8-15(21-17(23)12-4-2-5-13(19)9-12)25-16(11)18(24)22-7-3-6-14(22)10-20;/h2,4-5,8-9,14H,3,6-7,10,20H2,1H3,(H,21,23);1H. The number of benzene rings is 1. The fraction of sp³-hybridized carbons (Fsp3) is 0.333. The van der Waals surface area contributed by atoms with Crippen molar-refractivity contribution in [2.24, 2.45) is 5.73 Å². The molecule has 1 aliphatic rings. The minimum atomic E-state index is -0.465. The van der Waals surface area contributed by atoms with E-state index in [0.717, 1.165) is 18.4 Å². The van der Waals surface area contributed by atoms with Crippen molar-refractivity contribution in [2.45, 2.75) is 25.8 Å². The average Bonchev–Trinajstić information content (AvgIpc) is 3.20. The lowest BCUT2D eigenvalue weighted by Crippen LogP contribution is -2.39. The van der Waals surface area contributed by atoms with Gasteiger partial charge in [0.15, 0.2) is 0 Å². The van der Waals surface area contributed by atoms with Crippen LogP contribution >= 0.6 is 23.7 Å². The van der Waals surface area contributed by atoms with E-state index >= 15 is 0 Å². The van der Waals surface area contributed by atoms with Gasteiger partial charge in [-0.2, -0.15) is 0 Å². The molecule has 0 aliphatic carbocycles. The van der Waals surface area contributed by atoms with Gasteiger partial charge in [-0.3, -0.25) is 9.59 Å². The van der Waals surface area contributed by atoms with Crippen molar-refractivity contribution in [1.82, 2.24) is 4.90 Å². The van der Waals surface area contributed by atoms with Crippen LogP contribution < -0.4 is 11.1 Å². The van der Waals surface area contributed by atoms with Gasteiger partial charge in [0.05, 0.1) is 9.88 Å². The first kappa shape index (κ1) is 20.4. The summed E-state index contributed by atoms with van der Waals surface area (Å²) in [6.07, 6.45) is 1.89. The van der Waals surface area contributed by atoms with Crippen LogP contribution in [-0.4, -0.2) is 35.8 Å². The number of nitrogens with zero attached hydrogens (tertiary/aromatic N) is 1. The summed E-state index contributed by atoms with van der Waals surface area (Å²) in [6.45, 7) is 3.01. The summed E-state index contributed by atoms with van der Waals surface area (Å²) in [5.74, 6) is -0.907. The van der Waals surface area contributed by atoms with Crippen LogP contribution in [0.3, 0.4) is 0 Å². The average molecular weight is 398 g/mol.